The molecule has 130 valence electrons. The minimum absolute atomic E-state index is 0.0269. The van der Waals surface area contributed by atoms with Crippen molar-refractivity contribution < 1.29 is 9.53 Å². The summed E-state index contributed by atoms with van der Waals surface area (Å²) in [5.74, 6) is 1.06. The second kappa shape index (κ2) is 5.60. The van der Waals surface area contributed by atoms with Crippen molar-refractivity contribution in [1.29, 1.82) is 0 Å². The van der Waals surface area contributed by atoms with Gasteiger partial charge in [0.15, 0.2) is 5.78 Å². The molecule has 1 aliphatic heterocycles. The number of ketones is 1. The second-order valence-electron chi connectivity index (χ2n) is 7.29. The van der Waals surface area contributed by atoms with Crippen LogP contribution in [0.3, 0.4) is 0 Å². The number of hydrogen-bond acceptors (Lipinski definition) is 3. The summed E-state index contributed by atoms with van der Waals surface area (Å²) < 4.78 is 5.28. The highest BCUT2D eigenvalue weighted by molar-refractivity contribution is 6.16. The van der Waals surface area contributed by atoms with Gasteiger partial charge in [-0.05, 0) is 53.1 Å². The molecular weight excluding hydrogens is 322 g/mol. The SMILES string of the molecule is COc1ccc(C2CC(=O)c3ccc4c5c(ccc(c35)N2C)CC4)cc1. The molecule has 0 spiro atoms. The van der Waals surface area contributed by atoms with Crippen LogP contribution < -0.4 is 9.64 Å². The Morgan fingerprint density at radius 1 is 0.923 bits per heavy atom. The Morgan fingerprint density at radius 3 is 2.31 bits per heavy atom. The van der Waals surface area contributed by atoms with Crippen LogP contribution in [0.4, 0.5) is 5.69 Å². The minimum atomic E-state index is 0.0269. The van der Waals surface area contributed by atoms with Gasteiger partial charge in [0.25, 0.3) is 0 Å². The van der Waals surface area contributed by atoms with Crippen LogP contribution in [0.25, 0.3) is 10.8 Å². The third-order valence-electron chi connectivity index (χ3n) is 6.00. The summed E-state index contributed by atoms with van der Waals surface area (Å²) in [6.45, 7) is 0. The zero-order valence-corrected chi connectivity index (χ0v) is 15.1. The number of carbonyl (C=O) groups is 1. The molecule has 0 saturated heterocycles. The number of benzene rings is 3. The predicted molar refractivity (Wildman–Crippen MR) is 104 cm³/mol. The number of carbonyl (C=O) groups excluding carboxylic acids is 1. The molecule has 26 heavy (non-hydrogen) atoms. The van der Waals surface area contributed by atoms with E-state index < -0.39 is 0 Å². The molecule has 5 rings (SSSR count). The maximum atomic E-state index is 13.1. The Bertz CT molecular complexity index is 1030. The van der Waals surface area contributed by atoms with Crippen molar-refractivity contribution in [1.82, 2.24) is 0 Å². The maximum Gasteiger partial charge on any atom is 0.165 e. The molecule has 3 nitrogen and oxygen atoms in total. The molecule has 2 aliphatic rings. The first kappa shape index (κ1) is 15.4. The van der Waals surface area contributed by atoms with Crippen molar-refractivity contribution in [3.63, 3.8) is 0 Å². The quantitative estimate of drug-likeness (QED) is 0.675. The number of aryl methyl sites for hydroxylation is 2. The third kappa shape index (κ3) is 2.10. The molecule has 1 atom stereocenters. The summed E-state index contributed by atoms with van der Waals surface area (Å²) in [7, 11) is 3.78. The molecule has 0 aromatic heterocycles. The smallest absolute Gasteiger partial charge is 0.165 e. The van der Waals surface area contributed by atoms with E-state index >= 15 is 0 Å². The molecule has 0 amide bonds. The number of anilines is 1. The van der Waals surface area contributed by atoms with E-state index in [-0.39, 0.29) is 11.8 Å². The molecule has 0 radical (unpaired) electrons. The van der Waals surface area contributed by atoms with Crippen molar-refractivity contribution >= 4 is 22.2 Å². The average Bonchev–Trinajstić information content (AvgIpc) is 3.06. The fourth-order valence-electron chi connectivity index (χ4n) is 4.60. The van der Waals surface area contributed by atoms with Crippen LogP contribution in [-0.2, 0) is 12.8 Å². The zero-order chi connectivity index (χ0) is 17.8. The van der Waals surface area contributed by atoms with E-state index in [9.17, 15) is 4.79 Å². The van der Waals surface area contributed by atoms with Crippen molar-refractivity contribution in [3.05, 3.63) is 70.8 Å². The van der Waals surface area contributed by atoms with E-state index in [1.165, 1.54) is 16.5 Å². The standard InChI is InChI=1S/C23H21NO2/c1-24-19-12-8-16-4-3-15-7-11-18(23(19)22(15)16)21(25)13-20(24)14-5-9-17(26-2)10-6-14/h5-12,20H,3-4,13H2,1-2H3. The molecule has 3 aromatic rings. The normalized spacial score (nSPS) is 18.3. The second-order valence-corrected chi connectivity index (χ2v) is 7.29. The number of hydrogen-bond donors (Lipinski definition) is 0. The number of methoxy groups -OCH3 is 1. The molecule has 3 aromatic carbocycles. The van der Waals surface area contributed by atoms with Gasteiger partial charge in [-0.2, -0.15) is 0 Å². The highest BCUT2D eigenvalue weighted by Gasteiger charge is 2.31. The third-order valence-corrected chi connectivity index (χ3v) is 6.00. The summed E-state index contributed by atoms with van der Waals surface area (Å²) in [6.07, 6.45) is 2.64. The molecule has 0 N–H and O–H groups in total. The zero-order valence-electron chi connectivity index (χ0n) is 15.1. The molecule has 0 saturated carbocycles. The lowest BCUT2D eigenvalue weighted by atomic mass is 9.95. The summed E-state index contributed by atoms with van der Waals surface area (Å²) in [5, 5.41) is 2.47. The van der Waals surface area contributed by atoms with Gasteiger partial charge in [0.2, 0.25) is 0 Å². The van der Waals surface area contributed by atoms with E-state index in [1.807, 2.05) is 18.2 Å². The minimum Gasteiger partial charge on any atom is -0.497 e. The first-order valence-corrected chi connectivity index (χ1v) is 9.15. The summed E-state index contributed by atoms with van der Waals surface area (Å²) >= 11 is 0. The van der Waals surface area contributed by atoms with E-state index in [4.69, 9.17) is 4.74 Å². The molecule has 1 heterocycles. The van der Waals surface area contributed by atoms with Crippen LogP contribution in [0.1, 0.15) is 39.5 Å². The molecule has 0 fully saturated rings. The van der Waals surface area contributed by atoms with Crippen LogP contribution in [-0.4, -0.2) is 19.9 Å². The molecule has 1 aliphatic carbocycles. The lowest BCUT2D eigenvalue weighted by Crippen LogP contribution is -2.24. The lowest BCUT2D eigenvalue weighted by molar-refractivity contribution is 0.0976. The van der Waals surface area contributed by atoms with E-state index in [1.54, 1.807) is 7.11 Å². The van der Waals surface area contributed by atoms with E-state index in [2.05, 4.69) is 42.3 Å². The van der Waals surface area contributed by atoms with Gasteiger partial charge >= 0.3 is 0 Å². The Morgan fingerprint density at radius 2 is 1.62 bits per heavy atom. The lowest BCUT2D eigenvalue weighted by Gasteiger charge is -2.29. The predicted octanol–water partition coefficient (Wildman–Crippen LogP) is 4.71. The van der Waals surface area contributed by atoms with Crippen LogP contribution >= 0.6 is 0 Å². The van der Waals surface area contributed by atoms with Gasteiger partial charge in [-0.25, -0.2) is 0 Å². The summed E-state index contributed by atoms with van der Waals surface area (Å²) in [5.41, 5.74) is 5.94. The van der Waals surface area contributed by atoms with Gasteiger partial charge in [0.1, 0.15) is 5.75 Å². The fraction of sp³-hybridized carbons (Fsp3) is 0.261. The van der Waals surface area contributed by atoms with Crippen molar-refractivity contribution in [2.45, 2.75) is 25.3 Å². The number of nitrogens with zero attached hydrogens (tertiary/aromatic N) is 1. The van der Waals surface area contributed by atoms with Gasteiger partial charge in [-0.3, -0.25) is 4.79 Å². The Balaban J connectivity index is 1.70. The fourth-order valence-corrected chi connectivity index (χ4v) is 4.60. The molecule has 3 heteroatoms. The first-order valence-electron chi connectivity index (χ1n) is 9.15. The first-order chi connectivity index (χ1) is 12.7. The Hall–Kier alpha value is -2.81. The van der Waals surface area contributed by atoms with Crippen LogP contribution in [0, 0.1) is 0 Å². The van der Waals surface area contributed by atoms with Crippen LogP contribution in [0.5, 0.6) is 5.75 Å². The molecular formula is C23H21NO2. The summed E-state index contributed by atoms with van der Waals surface area (Å²) in [6, 6.07) is 16.7. The molecule has 0 bridgehead atoms. The topological polar surface area (TPSA) is 29.5 Å². The molecule has 1 unspecified atom stereocenters. The van der Waals surface area contributed by atoms with Gasteiger partial charge in [-0.1, -0.05) is 30.3 Å². The Labute approximate surface area is 153 Å². The van der Waals surface area contributed by atoms with Gasteiger partial charge in [-0.15, -0.1) is 0 Å². The van der Waals surface area contributed by atoms with E-state index in [0.717, 1.165) is 40.8 Å². The highest BCUT2D eigenvalue weighted by atomic mass is 16.5. The highest BCUT2D eigenvalue weighted by Crippen LogP contribution is 2.44. The van der Waals surface area contributed by atoms with Crippen molar-refractivity contribution in [3.8, 4) is 5.75 Å². The van der Waals surface area contributed by atoms with Gasteiger partial charge in [0, 0.05) is 30.1 Å². The van der Waals surface area contributed by atoms with Crippen LogP contribution in [0.15, 0.2) is 48.5 Å². The largest absolute Gasteiger partial charge is 0.497 e. The van der Waals surface area contributed by atoms with Crippen LogP contribution in [0.2, 0.25) is 0 Å². The number of rotatable bonds is 2. The maximum absolute atomic E-state index is 13.1. The van der Waals surface area contributed by atoms with E-state index in [0.29, 0.717) is 6.42 Å². The summed E-state index contributed by atoms with van der Waals surface area (Å²) in [4.78, 5) is 15.4. The Kier molecular flexibility index (Phi) is 3.33. The van der Waals surface area contributed by atoms with Crippen molar-refractivity contribution in [2.75, 3.05) is 19.1 Å². The van der Waals surface area contributed by atoms with Gasteiger partial charge < -0.3 is 9.64 Å². The number of ether oxygens (including phenoxy) is 1. The van der Waals surface area contributed by atoms with Gasteiger partial charge in [0.05, 0.1) is 13.2 Å². The monoisotopic (exact) mass is 343 g/mol. The average molecular weight is 343 g/mol. The number of Topliss-reactive ketones (excluding diaryl/α,β-unsaturated/α-hetero) is 1. The van der Waals surface area contributed by atoms with Crippen molar-refractivity contribution in [2.24, 2.45) is 0 Å².